The molecule has 4 heteroatoms. The number of hydrogen-bond donors (Lipinski definition) is 2. The van der Waals surface area contributed by atoms with Crippen LogP contribution in [0, 0.1) is 6.92 Å². The van der Waals surface area contributed by atoms with Crippen molar-refractivity contribution in [2.75, 3.05) is 5.01 Å². The SMILES string of the molecule is Cc1ccccc1N(N)/C=N\N. The van der Waals surface area contributed by atoms with Gasteiger partial charge in [0.2, 0.25) is 0 Å². The van der Waals surface area contributed by atoms with Crippen molar-refractivity contribution >= 4 is 12.0 Å². The van der Waals surface area contributed by atoms with Crippen LogP contribution in [0.2, 0.25) is 0 Å². The lowest BCUT2D eigenvalue weighted by Crippen LogP contribution is -2.30. The van der Waals surface area contributed by atoms with Crippen molar-refractivity contribution in [1.29, 1.82) is 0 Å². The van der Waals surface area contributed by atoms with Gasteiger partial charge in [0.05, 0.1) is 5.69 Å². The minimum absolute atomic E-state index is 0.895. The van der Waals surface area contributed by atoms with Crippen LogP contribution >= 0.6 is 0 Å². The molecule has 0 unspecified atom stereocenters. The van der Waals surface area contributed by atoms with Crippen LogP contribution in [0.4, 0.5) is 5.69 Å². The van der Waals surface area contributed by atoms with Crippen LogP contribution in [0.5, 0.6) is 0 Å². The summed E-state index contributed by atoms with van der Waals surface area (Å²) in [5.41, 5.74) is 1.98. The molecule has 0 aliphatic rings. The highest BCUT2D eigenvalue weighted by atomic mass is 15.4. The van der Waals surface area contributed by atoms with Gasteiger partial charge in [-0.2, -0.15) is 5.10 Å². The van der Waals surface area contributed by atoms with Gasteiger partial charge in [-0.1, -0.05) is 18.2 Å². The number of hydrazone groups is 1. The summed E-state index contributed by atoms with van der Waals surface area (Å²) >= 11 is 0. The van der Waals surface area contributed by atoms with Gasteiger partial charge in [-0.05, 0) is 18.6 Å². The molecule has 4 N–H and O–H groups in total. The molecule has 0 radical (unpaired) electrons. The summed E-state index contributed by atoms with van der Waals surface area (Å²) in [5, 5.41) is 4.71. The molecule has 1 rings (SSSR count). The van der Waals surface area contributed by atoms with E-state index in [-0.39, 0.29) is 0 Å². The molecule has 0 fully saturated rings. The highest BCUT2D eigenvalue weighted by Crippen LogP contribution is 2.14. The Labute approximate surface area is 71.4 Å². The molecular weight excluding hydrogens is 152 g/mol. The van der Waals surface area contributed by atoms with Crippen molar-refractivity contribution in [3.8, 4) is 0 Å². The Morgan fingerprint density at radius 1 is 1.42 bits per heavy atom. The van der Waals surface area contributed by atoms with E-state index in [1.807, 2.05) is 31.2 Å². The lowest BCUT2D eigenvalue weighted by molar-refractivity contribution is 1.11. The molecule has 0 spiro atoms. The predicted octanol–water partition coefficient (Wildman–Crippen LogP) is 0.577. The Bertz CT molecular complexity index is 282. The molecule has 1 aromatic carbocycles. The summed E-state index contributed by atoms with van der Waals surface area (Å²) in [6, 6.07) is 7.73. The zero-order valence-electron chi connectivity index (χ0n) is 6.94. The maximum Gasteiger partial charge on any atom is 0.129 e. The number of hydrazine groups is 1. The van der Waals surface area contributed by atoms with E-state index < -0.39 is 0 Å². The van der Waals surface area contributed by atoms with Crippen molar-refractivity contribution in [3.05, 3.63) is 29.8 Å². The minimum Gasteiger partial charge on any atom is -0.322 e. The average molecular weight is 164 g/mol. The number of anilines is 1. The third-order valence-electron chi connectivity index (χ3n) is 1.58. The van der Waals surface area contributed by atoms with Gasteiger partial charge in [0.25, 0.3) is 0 Å². The van der Waals surface area contributed by atoms with Crippen molar-refractivity contribution in [1.82, 2.24) is 0 Å². The normalized spacial score (nSPS) is 10.5. The smallest absolute Gasteiger partial charge is 0.129 e. The summed E-state index contributed by atoms with van der Waals surface area (Å²) in [7, 11) is 0. The number of para-hydroxylation sites is 1. The van der Waals surface area contributed by atoms with Crippen LogP contribution in [0.1, 0.15) is 5.56 Å². The molecule has 0 heterocycles. The largest absolute Gasteiger partial charge is 0.322 e. The van der Waals surface area contributed by atoms with Gasteiger partial charge < -0.3 is 5.84 Å². The van der Waals surface area contributed by atoms with E-state index in [4.69, 9.17) is 11.7 Å². The molecule has 0 amide bonds. The highest BCUT2D eigenvalue weighted by molar-refractivity contribution is 5.78. The van der Waals surface area contributed by atoms with Gasteiger partial charge in [0.15, 0.2) is 0 Å². The van der Waals surface area contributed by atoms with Gasteiger partial charge in [-0.25, -0.2) is 5.84 Å². The fourth-order valence-electron chi connectivity index (χ4n) is 0.987. The van der Waals surface area contributed by atoms with Crippen LogP contribution < -0.4 is 16.7 Å². The van der Waals surface area contributed by atoms with Crippen molar-refractivity contribution < 1.29 is 0 Å². The Morgan fingerprint density at radius 2 is 2.08 bits per heavy atom. The molecular formula is C8H12N4. The van der Waals surface area contributed by atoms with Crippen molar-refractivity contribution in [2.45, 2.75) is 6.92 Å². The first-order valence-corrected chi connectivity index (χ1v) is 3.58. The van der Waals surface area contributed by atoms with Crippen molar-refractivity contribution in [3.63, 3.8) is 0 Å². The summed E-state index contributed by atoms with van der Waals surface area (Å²) in [6.07, 6.45) is 1.36. The summed E-state index contributed by atoms with van der Waals surface area (Å²) < 4.78 is 0. The first-order valence-electron chi connectivity index (χ1n) is 3.58. The fourth-order valence-corrected chi connectivity index (χ4v) is 0.987. The molecule has 0 atom stereocenters. The number of aryl methyl sites for hydroxylation is 1. The van der Waals surface area contributed by atoms with Gasteiger partial charge in [0.1, 0.15) is 6.34 Å². The maximum atomic E-state index is 5.61. The maximum absolute atomic E-state index is 5.61. The van der Waals surface area contributed by atoms with E-state index in [1.54, 1.807) is 0 Å². The monoisotopic (exact) mass is 164 g/mol. The zero-order valence-corrected chi connectivity index (χ0v) is 6.94. The molecule has 4 nitrogen and oxygen atoms in total. The molecule has 1 aromatic rings. The van der Waals surface area contributed by atoms with Gasteiger partial charge in [-0.3, -0.25) is 5.01 Å². The Balaban J connectivity index is 2.94. The van der Waals surface area contributed by atoms with E-state index in [0.29, 0.717) is 0 Å². The first-order chi connectivity index (χ1) is 5.75. The molecule has 0 saturated carbocycles. The van der Waals surface area contributed by atoms with Gasteiger partial charge in [-0.15, -0.1) is 0 Å². The predicted molar refractivity (Wildman–Crippen MR) is 50.5 cm³/mol. The minimum atomic E-state index is 0.895. The van der Waals surface area contributed by atoms with E-state index in [2.05, 4.69) is 5.10 Å². The zero-order chi connectivity index (χ0) is 8.97. The molecule has 0 aromatic heterocycles. The second-order valence-electron chi connectivity index (χ2n) is 2.46. The second kappa shape index (κ2) is 3.73. The van der Waals surface area contributed by atoms with Crippen LogP contribution in [-0.2, 0) is 0 Å². The molecule has 0 saturated heterocycles. The molecule has 0 bridgehead atoms. The van der Waals surface area contributed by atoms with E-state index in [1.165, 1.54) is 11.3 Å². The standard InChI is InChI=1S/C8H12N4/c1-7-4-2-3-5-8(7)12(10)6-11-9/h2-6H,9-10H2,1H3/b11-6-. The molecule has 0 aliphatic carbocycles. The van der Waals surface area contributed by atoms with E-state index in [0.717, 1.165) is 11.3 Å². The number of nitrogens with zero attached hydrogens (tertiary/aromatic N) is 2. The summed E-state index contributed by atoms with van der Waals surface area (Å²) in [6.45, 7) is 1.97. The molecule has 12 heavy (non-hydrogen) atoms. The molecule has 0 aliphatic heterocycles. The van der Waals surface area contributed by atoms with E-state index >= 15 is 0 Å². The summed E-state index contributed by atoms with van der Waals surface area (Å²) in [4.78, 5) is 0. The number of nitrogens with two attached hydrogens (primary N) is 2. The van der Waals surface area contributed by atoms with Crippen LogP contribution in [0.15, 0.2) is 29.4 Å². The number of hydrogen-bond acceptors (Lipinski definition) is 3. The number of benzene rings is 1. The van der Waals surface area contributed by atoms with Crippen LogP contribution in [-0.4, -0.2) is 6.34 Å². The first kappa shape index (κ1) is 8.55. The second-order valence-corrected chi connectivity index (χ2v) is 2.46. The quantitative estimate of drug-likeness (QED) is 0.291. The fraction of sp³-hybridized carbons (Fsp3) is 0.125. The van der Waals surface area contributed by atoms with E-state index in [9.17, 15) is 0 Å². The van der Waals surface area contributed by atoms with Gasteiger partial charge >= 0.3 is 0 Å². The third-order valence-corrected chi connectivity index (χ3v) is 1.58. The average Bonchev–Trinajstić information content (AvgIpc) is 2.05. The third kappa shape index (κ3) is 1.73. The summed E-state index contributed by atoms with van der Waals surface area (Å²) in [5.74, 6) is 10.6. The van der Waals surface area contributed by atoms with Gasteiger partial charge in [0, 0.05) is 0 Å². The highest BCUT2D eigenvalue weighted by Gasteiger charge is 1.99. The Morgan fingerprint density at radius 3 is 2.67 bits per heavy atom. The lowest BCUT2D eigenvalue weighted by Gasteiger charge is -2.13. The Kier molecular flexibility index (Phi) is 2.66. The van der Waals surface area contributed by atoms with Crippen molar-refractivity contribution in [2.24, 2.45) is 16.8 Å². The Hall–Kier alpha value is -1.55. The molecule has 64 valence electrons. The lowest BCUT2D eigenvalue weighted by atomic mass is 10.2. The topological polar surface area (TPSA) is 67.6 Å². The van der Waals surface area contributed by atoms with Crippen LogP contribution in [0.3, 0.4) is 0 Å². The number of rotatable bonds is 2. The van der Waals surface area contributed by atoms with Crippen LogP contribution in [0.25, 0.3) is 0 Å².